The normalized spacial score (nSPS) is 10.8. The van der Waals surface area contributed by atoms with Crippen LogP contribution in [0.25, 0.3) is 10.9 Å². The van der Waals surface area contributed by atoms with Gasteiger partial charge in [-0.05, 0) is 49.4 Å². The van der Waals surface area contributed by atoms with Gasteiger partial charge in [-0.2, -0.15) is 4.98 Å². The van der Waals surface area contributed by atoms with Crippen molar-refractivity contribution in [1.29, 1.82) is 0 Å². The van der Waals surface area contributed by atoms with Crippen LogP contribution in [0, 0.1) is 6.92 Å². The topological polar surface area (TPSA) is 101 Å². The Labute approximate surface area is 163 Å². The van der Waals surface area contributed by atoms with E-state index in [4.69, 9.17) is 10.5 Å². The highest BCUT2D eigenvalue weighted by atomic mass is 16.5. The summed E-state index contributed by atoms with van der Waals surface area (Å²) in [5.41, 5.74) is 9.54. The first-order valence-corrected chi connectivity index (χ1v) is 9.09. The standard InChI is InChI=1S/C21H22N6O/c1-14-11-15-12-17(5-6-19(15)24-14)25-20-7-9-23-21(27-20)26-16-3-2-4-18(13-16)28-10-8-22/h2-7,9,11-13,24H,8,10,22H2,1H3,(H2,23,25,26,27). The highest BCUT2D eigenvalue weighted by molar-refractivity contribution is 5.84. The molecule has 0 fully saturated rings. The van der Waals surface area contributed by atoms with Gasteiger partial charge in [0.05, 0.1) is 0 Å². The SMILES string of the molecule is Cc1cc2cc(Nc3ccnc(Nc4cccc(OCCN)c4)n3)ccc2[nH]1. The number of aromatic amines is 1. The lowest BCUT2D eigenvalue weighted by Gasteiger charge is -2.10. The fourth-order valence-electron chi connectivity index (χ4n) is 2.96. The number of rotatable bonds is 7. The largest absolute Gasteiger partial charge is 0.492 e. The van der Waals surface area contributed by atoms with Gasteiger partial charge in [-0.1, -0.05) is 6.07 Å². The smallest absolute Gasteiger partial charge is 0.229 e. The van der Waals surface area contributed by atoms with E-state index in [0.717, 1.165) is 33.7 Å². The lowest BCUT2D eigenvalue weighted by molar-refractivity contribution is 0.328. The number of nitrogens with zero attached hydrogens (tertiary/aromatic N) is 2. The predicted octanol–water partition coefficient (Wildman–Crippen LogP) is 4.09. The molecule has 4 rings (SSSR count). The highest BCUT2D eigenvalue weighted by Gasteiger charge is 2.04. The van der Waals surface area contributed by atoms with E-state index in [2.05, 4.69) is 43.8 Å². The van der Waals surface area contributed by atoms with Gasteiger partial charge in [0, 0.05) is 46.8 Å². The molecule has 0 aliphatic heterocycles. The van der Waals surface area contributed by atoms with Gasteiger partial charge >= 0.3 is 0 Å². The number of nitrogens with two attached hydrogens (primary N) is 1. The van der Waals surface area contributed by atoms with E-state index >= 15 is 0 Å². The quantitative estimate of drug-likeness (QED) is 0.389. The Balaban J connectivity index is 1.49. The van der Waals surface area contributed by atoms with Crippen LogP contribution in [0.3, 0.4) is 0 Å². The summed E-state index contributed by atoms with van der Waals surface area (Å²) in [6.07, 6.45) is 1.71. The number of H-pyrrole nitrogens is 1. The first-order valence-electron chi connectivity index (χ1n) is 9.09. The third kappa shape index (κ3) is 4.21. The minimum Gasteiger partial charge on any atom is -0.492 e. The molecular formula is C21H22N6O. The van der Waals surface area contributed by atoms with E-state index in [1.807, 2.05) is 43.3 Å². The third-order valence-corrected chi connectivity index (χ3v) is 4.16. The van der Waals surface area contributed by atoms with Crippen LogP contribution >= 0.6 is 0 Å². The fourth-order valence-corrected chi connectivity index (χ4v) is 2.96. The summed E-state index contributed by atoms with van der Waals surface area (Å²) in [6.45, 7) is 3.00. The number of nitrogens with one attached hydrogen (secondary N) is 3. The molecule has 2 heterocycles. The first-order chi connectivity index (χ1) is 13.7. The molecular weight excluding hydrogens is 352 g/mol. The zero-order chi connectivity index (χ0) is 19.3. The van der Waals surface area contributed by atoms with Gasteiger partial charge in [0.1, 0.15) is 18.2 Å². The number of benzene rings is 2. The second-order valence-corrected chi connectivity index (χ2v) is 6.43. The fraction of sp³-hybridized carbons (Fsp3) is 0.143. The van der Waals surface area contributed by atoms with Crippen molar-refractivity contribution in [1.82, 2.24) is 15.0 Å². The third-order valence-electron chi connectivity index (χ3n) is 4.16. The van der Waals surface area contributed by atoms with Gasteiger partial charge in [0.2, 0.25) is 5.95 Å². The minimum absolute atomic E-state index is 0.475. The summed E-state index contributed by atoms with van der Waals surface area (Å²) in [5, 5.41) is 7.69. The van der Waals surface area contributed by atoms with Crippen LogP contribution < -0.4 is 21.1 Å². The van der Waals surface area contributed by atoms with Crippen LogP contribution in [0.1, 0.15) is 5.69 Å². The molecule has 2 aromatic heterocycles. The average molecular weight is 374 g/mol. The van der Waals surface area contributed by atoms with Crippen molar-refractivity contribution >= 4 is 34.0 Å². The monoisotopic (exact) mass is 374 g/mol. The molecule has 0 spiro atoms. The molecule has 7 nitrogen and oxygen atoms in total. The van der Waals surface area contributed by atoms with Crippen LogP contribution in [0.15, 0.2) is 60.8 Å². The number of hydrogen-bond donors (Lipinski definition) is 4. The molecule has 142 valence electrons. The molecule has 0 saturated heterocycles. The van der Waals surface area contributed by atoms with Crippen LogP contribution in [0.4, 0.5) is 23.1 Å². The highest BCUT2D eigenvalue weighted by Crippen LogP contribution is 2.24. The van der Waals surface area contributed by atoms with Gasteiger partial charge < -0.3 is 26.1 Å². The summed E-state index contributed by atoms with van der Waals surface area (Å²) in [7, 11) is 0. The van der Waals surface area contributed by atoms with Crippen molar-refractivity contribution in [2.75, 3.05) is 23.8 Å². The molecule has 0 saturated carbocycles. The predicted molar refractivity (Wildman–Crippen MR) is 113 cm³/mol. The van der Waals surface area contributed by atoms with Gasteiger partial charge in [0.15, 0.2) is 0 Å². The maximum Gasteiger partial charge on any atom is 0.229 e. The van der Waals surface area contributed by atoms with Crippen molar-refractivity contribution in [2.24, 2.45) is 5.73 Å². The summed E-state index contributed by atoms with van der Waals surface area (Å²) >= 11 is 0. The number of anilines is 4. The lowest BCUT2D eigenvalue weighted by Crippen LogP contribution is -2.10. The first kappa shape index (κ1) is 17.8. The van der Waals surface area contributed by atoms with Gasteiger partial charge in [-0.3, -0.25) is 0 Å². The minimum atomic E-state index is 0.475. The average Bonchev–Trinajstić information content (AvgIpc) is 3.06. The van der Waals surface area contributed by atoms with Crippen LogP contribution in [-0.4, -0.2) is 28.1 Å². The molecule has 28 heavy (non-hydrogen) atoms. The number of ether oxygens (including phenoxy) is 1. The maximum absolute atomic E-state index is 5.55. The van der Waals surface area contributed by atoms with E-state index < -0.39 is 0 Å². The lowest BCUT2D eigenvalue weighted by atomic mass is 10.2. The van der Waals surface area contributed by atoms with Gasteiger partial charge in [-0.15, -0.1) is 0 Å². The Morgan fingerprint density at radius 2 is 1.93 bits per heavy atom. The van der Waals surface area contributed by atoms with Crippen molar-refractivity contribution < 1.29 is 4.74 Å². The van der Waals surface area contributed by atoms with E-state index in [9.17, 15) is 0 Å². The van der Waals surface area contributed by atoms with Gasteiger partial charge in [-0.25, -0.2) is 4.98 Å². The maximum atomic E-state index is 5.55. The molecule has 7 heteroatoms. The summed E-state index contributed by atoms with van der Waals surface area (Å²) < 4.78 is 5.55. The molecule has 2 aromatic carbocycles. The molecule has 0 radical (unpaired) electrons. The van der Waals surface area contributed by atoms with Crippen LogP contribution in [-0.2, 0) is 0 Å². The number of aromatic nitrogens is 3. The Bertz CT molecular complexity index is 1090. The Kier molecular flexibility index (Phi) is 5.07. The molecule has 4 aromatic rings. The zero-order valence-corrected chi connectivity index (χ0v) is 15.6. The number of fused-ring (bicyclic) bond motifs is 1. The molecule has 0 aliphatic rings. The van der Waals surface area contributed by atoms with Crippen LogP contribution in [0.5, 0.6) is 5.75 Å². The number of hydrogen-bond acceptors (Lipinski definition) is 6. The molecule has 0 atom stereocenters. The summed E-state index contributed by atoms with van der Waals surface area (Å²) in [6, 6.07) is 17.7. The van der Waals surface area contributed by atoms with Crippen LogP contribution in [0.2, 0.25) is 0 Å². The van der Waals surface area contributed by atoms with E-state index in [1.165, 1.54) is 0 Å². The second-order valence-electron chi connectivity index (χ2n) is 6.43. The van der Waals surface area contributed by atoms with Crippen molar-refractivity contribution in [3.8, 4) is 5.75 Å². The van der Waals surface area contributed by atoms with E-state index in [-0.39, 0.29) is 0 Å². The zero-order valence-electron chi connectivity index (χ0n) is 15.6. The molecule has 0 unspecified atom stereocenters. The Hall–Kier alpha value is -3.58. The number of aryl methyl sites for hydroxylation is 1. The van der Waals surface area contributed by atoms with Crippen molar-refractivity contribution in [3.63, 3.8) is 0 Å². The van der Waals surface area contributed by atoms with Crippen molar-refractivity contribution in [3.05, 3.63) is 66.5 Å². The van der Waals surface area contributed by atoms with Crippen molar-refractivity contribution in [2.45, 2.75) is 6.92 Å². The van der Waals surface area contributed by atoms with Gasteiger partial charge in [0.25, 0.3) is 0 Å². The summed E-state index contributed by atoms with van der Waals surface area (Å²) in [4.78, 5) is 12.2. The second kappa shape index (κ2) is 7.98. The van der Waals surface area contributed by atoms with E-state index in [0.29, 0.717) is 24.9 Å². The molecule has 5 N–H and O–H groups in total. The summed E-state index contributed by atoms with van der Waals surface area (Å²) in [5.74, 6) is 1.96. The molecule has 0 bridgehead atoms. The Morgan fingerprint density at radius 3 is 2.82 bits per heavy atom. The molecule has 0 amide bonds. The molecule has 0 aliphatic carbocycles. The Morgan fingerprint density at radius 1 is 1.04 bits per heavy atom. The van der Waals surface area contributed by atoms with E-state index in [1.54, 1.807) is 6.20 Å².